The molecule has 166 valence electrons. The first kappa shape index (κ1) is 24.8. The molecule has 1 aliphatic rings. The molecule has 0 radical (unpaired) electrons. The molecule has 0 spiro atoms. The van der Waals surface area contributed by atoms with Gasteiger partial charge in [0, 0.05) is 64.0 Å². The van der Waals surface area contributed by atoms with Crippen molar-refractivity contribution in [2.75, 3.05) is 44.4 Å². The Balaban J connectivity index is 0.00000320. The van der Waals surface area contributed by atoms with Crippen molar-refractivity contribution in [3.63, 3.8) is 0 Å². The van der Waals surface area contributed by atoms with E-state index in [9.17, 15) is 8.42 Å². The highest BCUT2D eigenvalue weighted by Crippen LogP contribution is 2.19. The molecule has 0 atom stereocenters. The van der Waals surface area contributed by atoms with E-state index in [2.05, 4.69) is 36.4 Å². The van der Waals surface area contributed by atoms with E-state index >= 15 is 0 Å². The topological polar surface area (TPSA) is 90.8 Å². The van der Waals surface area contributed by atoms with E-state index in [4.69, 9.17) is 0 Å². The number of halogens is 1. The zero-order chi connectivity index (χ0) is 20.9. The van der Waals surface area contributed by atoms with Crippen LogP contribution >= 0.6 is 35.5 Å². The fraction of sp³-hybridized carbons (Fsp3) is 0.526. The summed E-state index contributed by atoms with van der Waals surface area (Å²) >= 11 is 1.47. The molecule has 1 N–H and O–H groups in total. The summed E-state index contributed by atoms with van der Waals surface area (Å²) in [5.74, 6) is 1.85. The number of aliphatic imine (C=N–C) groups is 1. The zero-order valence-corrected chi connectivity index (χ0v) is 21.5. The average Bonchev–Trinajstić information content (AvgIpc) is 3.18. The van der Waals surface area contributed by atoms with Gasteiger partial charge in [-0.15, -0.1) is 24.0 Å². The first-order valence-corrected chi connectivity index (χ1v) is 12.5. The SMILES string of the molecule is CCc1nsc(N2CCN(C(=NC)NCc3ccc(CS(C)(=O)=O)cc3)CC2)n1.I. The van der Waals surface area contributed by atoms with Crippen molar-refractivity contribution in [3.8, 4) is 0 Å². The number of guanidine groups is 1. The number of benzene rings is 1. The molecule has 0 saturated carbocycles. The van der Waals surface area contributed by atoms with Gasteiger partial charge in [-0.3, -0.25) is 4.99 Å². The summed E-state index contributed by atoms with van der Waals surface area (Å²) in [5, 5.41) is 4.40. The Labute approximate surface area is 199 Å². The fourth-order valence-corrected chi connectivity index (χ4v) is 4.79. The highest BCUT2D eigenvalue weighted by molar-refractivity contribution is 14.0. The third kappa shape index (κ3) is 7.05. The van der Waals surface area contributed by atoms with Crippen molar-refractivity contribution >= 4 is 56.4 Å². The highest BCUT2D eigenvalue weighted by Gasteiger charge is 2.22. The number of aryl methyl sites for hydroxylation is 1. The molecule has 8 nitrogen and oxygen atoms in total. The van der Waals surface area contributed by atoms with Crippen LogP contribution in [0.25, 0.3) is 0 Å². The van der Waals surface area contributed by atoms with Gasteiger partial charge in [-0.05, 0) is 11.1 Å². The Hall–Kier alpha value is -1.47. The number of hydrogen-bond acceptors (Lipinski definition) is 7. The summed E-state index contributed by atoms with van der Waals surface area (Å²) in [6.45, 7) is 6.22. The van der Waals surface area contributed by atoms with E-state index in [1.807, 2.05) is 24.3 Å². The lowest BCUT2D eigenvalue weighted by Crippen LogP contribution is -2.52. The predicted molar refractivity (Wildman–Crippen MR) is 134 cm³/mol. The standard InChI is InChI=1S/C19H28N6O2S2.HI/c1-4-17-22-19(28-23-17)25-11-9-24(10-12-25)18(20-2)21-13-15-5-7-16(8-6-15)14-29(3,26)27;/h5-8H,4,9-14H2,1-3H3,(H,20,21);1H. The maximum atomic E-state index is 11.4. The number of nitrogens with zero attached hydrogens (tertiary/aromatic N) is 5. The number of rotatable bonds is 6. The van der Waals surface area contributed by atoms with Crippen LogP contribution in [0.1, 0.15) is 23.9 Å². The second kappa shape index (κ2) is 11.2. The van der Waals surface area contributed by atoms with E-state index in [-0.39, 0.29) is 29.7 Å². The number of nitrogens with one attached hydrogen (secondary N) is 1. The summed E-state index contributed by atoms with van der Waals surface area (Å²) in [6.07, 6.45) is 2.11. The van der Waals surface area contributed by atoms with Gasteiger partial charge in [-0.25, -0.2) is 13.4 Å². The Morgan fingerprint density at radius 2 is 1.80 bits per heavy atom. The molecular formula is C19H29IN6O2S2. The van der Waals surface area contributed by atoms with Gasteiger partial charge in [0.25, 0.3) is 0 Å². The third-order valence-electron chi connectivity index (χ3n) is 4.74. The van der Waals surface area contributed by atoms with E-state index in [1.165, 1.54) is 17.8 Å². The summed E-state index contributed by atoms with van der Waals surface area (Å²) in [4.78, 5) is 13.5. The smallest absolute Gasteiger partial charge is 0.205 e. The number of sulfone groups is 1. The second-order valence-corrected chi connectivity index (χ2v) is 9.98. The molecule has 2 heterocycles. The van der Waals surface area contributed by atoms with Crippen molar-refractivity contribution in [1.82, 2.24) is 19.6 Å². The molecule has 2 aromatic rings. The Kier molecular flexibility index (Phi) is 9.29. The summed E-state index contributed by atoms with van der Waals surface area (Å²) in [6, 6.07) is 7.65. The zero-order valence-electron chi connectivity index (χ0n) is 17.5. The third-order valence-corrected chi connectivity index (χ3v) is 6.41. The van der Waals surface area contributed by atoms with Gasteiger partial charge in [-0.2, -0.15) is 4.37 Å². The summed E-state index contributed by atoms with van der Waals surface area (Å²) in [5.41, 5.74) is 1.89. The van der Waals surface area contributed by atoms with Crippen LogP contribution in [-0.4, -0.2) is 68.1 Å². The lowest BCUT2D eigenvalue weighted by atomic mass is 10.1. The minimum atomic E-state index is -3.01. The van der Waals surface area contributed by atoms with Crippen LogP contribution in [0.4, 0.5) is 5.13 Å². The highest BCUT2D eigenvalue weighted by atomic mass is 127. The fourth-order valence-electron chi connectivity index (χ4n) is 3.20. The normalized spacial score (nSPS) is 15.1. The van der Waals surface area contributed by atoms with Gasteiger partial charge in [0.05, 0.1) is 5.75 Å². The van der Waals surface area contributed by atoms with Crippen LogP contribution in [-0.2, 0) is 28.6 Å². The number of hydrogen-bond donors (Lipinski definition) is 1. The quantitative estimate of drug-likeness (QED) is 0.327. The lowest BCUT2D eigenvalue weighted by molar-refractivity contribution is 0.372. The van der Waals surface area contributed by atoms with Gasteiger partial charge < -0.3 is 15.1 Å². The van der Waals surface area contributed by atoms with Crippen molar-refractivity contribution in [2.45, 2.75) is 25.6 Å². The van der Waals surface area contributed by atoms with E-state index in [0.717, 1.165) is 60.6 Å². The van der Waals surface area contributed by atoms with Crippen LogP contribution in [0.2, 0.25) is 0 Å². The number of anilines is 1. The first-order chi connectivity index (χ1) is 13.9. The van der Waals surface area contributed by atoms with Crippen LogP contribution in [0.15, 0.2) is 29.3 Å². The van der Waals surface area contributed by atoms with Crippen LogP contribution in [0, 0.1) is 0 Å². The molecule has 1 fully saturated rings. The molecule has 1 saturated heterocycles. The molecule has 1 aromatic heterocycles. The summed E-state index contributed by atoms with van der Waals surface area (Å²) < 4.78 is 27.2. The average molecular weight is 565 g/mol. The molecule has 0 unspecified atom stereocenters. The van der Waals surface area contributed by atoms with Crippen LogP contribution in [0.3, 0.4) is 0 Å². The number of aromatic nitrogens is 2. The van der Waals surface area contributed by atoms with Crippen molar-refractivity contribution < 1.29 is 8.42 Å². The first-order valence-electron chi connectivity index (χ1n) is 9.66. The predicted octanol–water partition coefficient (Wildman–Crippen LogP) is 2.16. The molecular weight excluding hydrogens is 535 g/mol. The van der Waals surface area contributed by atoms with Crippen molar-refractivity contribution in [2.24, 2.45) is 4.99 Å². The van der Waals surface area contributed by atoms with Gasteiger partial charge in [-0.1, -0.05) is 31.2 Å². The summed E-state index contributed by atoms with van der Waals surface area (Å²) in [7, 11) is -1.22. The van der Waals surface area contributed by atoms with Crippen molar-refractivity contribution in [1.29, 1.82) is 0 Å². The van der Waals surface area contributed by atoms with Crippen LogP contribution < -0.4 is 10.2 Å². The van der Waals surface area contributed by atoms with Gasteiger partial charge >= 0.3 is 0 Å². The largest absolute Gasteiger partial charge is 0.352 e. The second-order valence-electron chi connectivity index (χ2n) is 7.11. The molecule has 1 aliphatic heterocycles. The molecule has 30 heavy (non-hydrogen) atoms. The minimum absolute atomic E-state index is 0. The van der Waals surface area contributed by atoms with Gasteiger partial charge in [0.2, 0.25) is 5.13 Å². The molecule has 0 amide bonds. The van der Waals surface area contributed by atoms with E-state index < -0.39 is 9.84 Å². The molecule has 1 aromatic carbocycles. The van der Waals surface area contributed by atoms with Crippen molar-refractivity contribution in [3.05, 3.63) is 41.2 Å². The maximum absolute atomic E-state index is 11.4. The Morgan fingerprint density at radius 3 is 2.33 bits per heavy atom. The Bertz CT molecular complexity index is 938. The van der Waals surface area contributed by atoms with Crippen LogP contribution in [0.5, 0.6) is 0 Å². The van der Waals surface area contributed by atoms with E-state index in [0.29, 0.717) is 6.54 Å². The molecule has 0 bridgehead atoms. The molecule has 3 rings (SSSR count). The number of piperazine rings is 1. The van der Waals surface area contributed by atoms with Gasteiger partial charge in [0.15, 0.2) is 15.8 Å². The monoisotopic (exact) mass is 564 g/mol. The maximum Gasteiger partial charge on any atom is 0.205 e. The lowest BCUT2D eigenvalue weighted by Gasteiger charge is -2.36. The van der Waals surface area contributed by atoms with E-state index in [1.54, 1.807) is 7.05 Å². The molecule has 11 heteroatoms. The minimum Gasteiger partial charge on any atom is -0.352 e. The van der Waals surface area contributed by atoms with Gasteiger partial charge in [0.1, 0.15) is 5.82 Å². The molecule has 0 aliphatic carbocycles. The Morgan fingerprint density at radius 1 is 1.17 bits per heavy atom.